The lowest BCUT2D eigenvalue weighted by Gasteiger charge is -2.33. The lowest BCUT2D eigenvalue weighted by molar-refractivity contribution is -0.135. The van der Waals surface area contributed by atoms with Gasteiger partial charge in [0.15, 0.2) is 0 Å². The summed E-state index contributed by atoms with van der Waals surface area (Å²) in [5.74, 6) is -0.113. The maximum absolute atomic E-state index is 12.7. The van der Waals surface area contributed by atoms with Crippen LogP contribution >= 0.6 is 0 Å². The van der Waals surface area contributed by atoms with Crippen LogP contribution in [0.15, 0.2) is 30.3 Å². The van der Waals surface area contributed by atoms with Crippen molar-refractivity contribution in [2.45, 2.75) is 52.1 Å². The summed E-state index contributed by atoms with van der Waals surface area (Å²) in [5, 5.41) is 3.11. The number of nitrogens with one attached hydrogen (secondary N) is 1. The van der Waals surface area contributed by atoms with E-state index >= 15 is 0 Å². The molecule has 152 valence electrons. The number of amides is 3. The molecular formula is C22H31N3O3. The van der Waals surface area contributed by atoms with Gasteiger partial charge in [-0.25, -0.2) is 0 Å². The topological polar surface area (TPSA) is 69.7 Å². The average Bonchev–Trinajstić information content (AvgIpc) is 3.10. The number of rotatable bonds is 5. The van der Waals surface area contributed by atoms with Crippen LogP contribution in [-0.4, -0.2) is 53.2 Å². The monoisotopic (exact) mass is 385 g/mol. The van der Waals surface area contributed by atoms with Gasteiger partial charge in [0.2, 0.25) is 17.7 Å². The van der Waals surface area contributed by atoms with Crippen molar-refractivity contribution in [1.82, 2.24) is 15.1 Å². The fourth-order valence-corrected chi connectivity index (χ4v) is 4.12. The molecule has 3 amide bonds. The first-order chi connectivity index (χ1) is 13.4. The average molecular weight is 386 g/mol. The van der Waals surface area contributed by atoms with Gasteiger partial charge in [-0.3, -0.25) is 14.4 Å². The second-order valence-electron chi connectivity index (χ2n) is 8.30. The minimum atomic E-state index is -0.297. The summed E-state index contributed by atoms with van der Waals surface area (Å²) in [6.07, 6.45) is 1.82. The van der Waals surface area contributed by atoms with Crippen LogP contribution in [0.5, 0.6) is 0 Å². The van der Waals surface area contributed by atoms with Gasteiger partial charge in [0, 0.05) is 38.0 Å². The Morgan fingerprint density at radius 1 is 1.07 bits per heavy atom. The number of hydrogen-bond donors (Lipinski definition) is 1. The van der Waals surface area contributed by atoms with Crippen molar-refractivity contribution in [2.75, 3.05) is 19.6 Å². The van der Waals surface area contributed by atoms with Crippen LogP contribution in [0.4, 0.5) is 0 Å². The molecule has 0 aliphatic carbocycles. The van der Waals surface area contributed by atoms with Gasteiger partial charge in [0.05, 0.1) is 12.0 Å². The lowest BCUT2D eigenvalue weighted by Crippen LogP contribution is -2.48. The van der Waals surface area contributed by atoms with Crippen molar-refractivity contribution in [3.05, 3.63) is 35.9 Å². The number of likely N-dealkylation sites (tertiary alicyclic amines) is 2. The molecule has 1 N–H and O–H groups in total. The molecule has 3 rings (SSSR count). The summed E-state index contributed by atoms with van der Waals surface area (Å²) >= 11 is 0. The normalized spacial score (nSPS) is 21.9. The van der Waals surface area contributed by atoms with Crippen LogP contribution in [0.3, 0.4) is 0 Å². The van der Waals surface area contributed by atoms with Gasteiger partial charge in [0.25, 0.3) is 0 Å². The van der Waals surface area contributed by atoms with Crippen LogP contribution < -0.4 is 5.32 Å². The third-order valence-corrected chi connectivity index (χ3v) is 5.93. The minimum Gasteiger partial charge on any atom is -0.353 e. The Kier molecular flexibility index (Phi) is 6.37. The highest BCUT2D eigenvalue weighted by molar-refractivity contribution is 5.89. The van der Waals surface area contributed by atoms with E-state index in [1.807, 2.05) is 60.9 Å². The highest BCUT2D eigenvalue weighted by Crippen LogP contribution is 2.28. The van der Waals surface area contributed by atoms with E-state index in [9.17, 15) is 14.4 Å². The van der Waals surface area contributed by atoms with Gasteiger partial charge in [-0.1, -0.05) is 44.2 Å². The zero-order valence-corrected chi connectivity index (χ0v) is 17.1. The maximum atomic E-state index is 12.7. The zero-order chi connectivity index (χ0) is 20.3. The van der Waals surface area contributed by atoms with E-state index < -0.39 is 0 Å². The number of carbonyl (C=O) groups is 3. The molecule has 2 fully saturated rings. The molecule has 0 saturated carbocycles. The summed E-state index contributed by atoms with van der Waals surface area (Å²) < 4.78 is 0. The van der Waals surface area contributed by atoms with Crippen molar-refractivity contribution in [1.29, 1.82) is 0 Å². The van der Waals surface area contributed by atoms with Crippen LogP contribution in [0.1, 0.15) is 51.6 Å². The Morgan fingerprint density at radius 2 is 1.71 bits per heavy atom. The van der Waals surface area contributed by atoms with E-state index in [0.29, 0.717) is 19.6 Å². The number of benzene rings is 1. The Morgan fingerprint density at radius 3 is 2.32 bits per heavy atom. The molecule has 6 nitrogen and oxygen atoms in total. The molecular weight excluding hydrogens is 354 g/mol. The second-order valence-corrected chi connectivity index (χ2v) is 8.30. The molecule has 2 saturated heterocycles. The van der Waals surface area contributed by atoms with Crippen LogP contribution in [0, 0.1) is 11.8 Å². The molecule has 0 radical (unpaired) electrons. The predicted molar refractivity (Wildman–Crippen MR) is 107 cm³/mol. The fraction of sp³-hybridized carbons (Fsp3) is 0.591. The second kappa shape index (κ2) is 8.76. The van der Waals surface area contributed by atoms with E-state index in [-0.39, 0.29) is 48.1 Å². The molecule has 0 aromatic heterocycles. The Labute approximate surface area is 167 Å². The van der Waals surface area contributed by atoms with Gasteiger partial charge in [-0.15, -0.1) is 0 Å². The van der Waals surface area contributed by atoms with Crippen molar-refractivity contribution in [2.24, 2.45) is 11.8 Å². The quantitative estimate of drug-likeness (QED) is 0.846. The van der Waals surface area contributed by atoms with E-state index in [0.717, 1.165) is 18.4 Å². The molecule has 28 heavy (non-hydrogen) atoms. The SMILES string of the molecule is CC(C)C(=O)N1CCC(NC(=O)C2CC(=O)N(C(C)c3ccccc3)C2)CC1. The third kappa shape index (κ3) is 4.54. The molecule has 0 bridgehead atoms. The first-order valence-electron chi connectivity index (χ1n) is 10.3. The molecule has 2 aliphatic rings. The summed E-state index contributed by atoms with van der Waals surface area (Å²) in [5.41, 5.74) is 1.08. The Hall–Kier alpha value is -2.37. The standard InChI is InChI=1S/C22H31N3O3/c1-15(2)22(28)24-11-9-19(10-12-24)23-21(27)18-13-20(26)25(14-18)16(3)17-7-5-4-6-8-17/h4-8,15-16,18-19H,9-14H2,1-3H3,(H,23,27). The van der Waals surface area contributed by atoms with Gasteiger partial charge in [-0.05, 0) is 25.3 Å². The van der Waals surface area contributed by atoms with E-state index in [1.165, 1.54) is 0 Å². The van der Waals surface area contributed by atoms with Crippen LogP contribution in [0.2, 0.25) is 0 Å². The molecule has 0 spiro atoms. The first-order valence-corrected chi connectivity index (χ1v) is 10.3. The van der Waals surface area contributed by atoms with Crippen LogP contribution in [-0.2, 0) is 14.4 Å². The molecule has 6 heteroatoms. The Bertz CT molecular complexity index is 711. The highest BCUT2D eigenvalue weighted by atomic mass is 16.2. The molecule has 1 aromatic carbocycles. The molecule has 2 heterocycles. The number of nitrogens with zero attached hydrogens (tertiary/aromatic N) is 2. The van der Waals surface area contributed by atoms with E-state index in [1.54, 1.807) is 0 Å². The summed E-state index contributed by atoms with van der Waals surface area (Å²) in [7, 11) is 0. The summed E-state index contributed by atoms with van der Waals surface area (Å²) in [6, 6.07) is 9.96. The number of piperidine rings is 1. The van der Waals surface area contributed by atoms with Crippen LogP contribution in [0.25, 0.3) is 0 Å². The zero-order valence-electron chi connectivity index (χ0n) is 17.1. The minimum absolute atomic E-state index is 0.00762. The van der Waals surface area contributed by atoms with Crippen molar-refractivity contribution >= 4 is 17.7 Å². The fourth-order valence-electron chi connectivity index (χ4n) is 4.12. The smallest absolute Gasteiger partial charge is 0.225 e. The van der Waals surface area contributed by atoms with Crippen molar-refractivity contribution < 1.29 is 14.4 Å². The van der Waals surface area contributed by atoms with E-state index in [4.69, 9.17) is 0 Å². The third-order valence-electron chi connectivity index (χ3n) is 5.93. The first kappa shape index (κ1) is 20.4. The number of hydrogen-bond acceptors (Lipinski definition) is 3. The van der Waals surface area contributed by atoms with E-state index in [2.05, 4.69) is 5.32 Å². The summed E-state index contributed by atoms with van der Waals surface area (Å²) in [6.45, 7) is 7.66. The molecule has 1 aromatic rings. The van der Waals surface area contributed by atoms with Crippen molar-refractivity contribution in [3.63, 3.8) is 0 Å². The van der Waals surface area contributed by atoms with Gasteiger partial charge >= 0.3 is 0 Å². The van der Waals surface area contributed by atoms with Gasteiger partial charge in [-0.2, -0.15) is 0 Å². The maximum Gasteiger partial charge on any atom is 0.225 e. The van der Waals surface area contributed by atoms with Crippen molar-refractivity contribution in [3.8, 4) is 0 Å². The Balaban J connectivity index is 1.51. The molecule has 2 unspecified atom stereocenters. The summed E-state index contributed by atoms with van der Waals surface area (Å²) in [4.78, 5) is 41.0. The highest BCUT2D eigenvalue weighted by Gasteiger charge is 2.38. The largest absolute Gasteiger partial charge is 0.353 e. The van der Waals surface area contributed by atoms with Gasteiger partial charge < -0.3 is 15.1 Å². The lowest BCUT2D eigenvalue weighted by atomic mass is 10.0. The molecule has 2 aliphatic heterocycles. The van der Waals surface area contributed by atoms with Gasteiger partial charge in [0.1, 0.15) is 0 Å². The predicted octanol–water partition coefficient (Wildman–Crippen LogP) is 2.36. The number of carbonyl (C=O) groups excluding carboxylic acids is 3. The molecule has 2 atom stereocenters.